The average molecular weight is 346 g/mol. The Morgan fingerprint density at radius 2 is 1.96 bits per heavy atom. The molecule has 1 aromatic heterocycles. The molecule has 0 bridgehead atoms. The fraction of sp³-hybridized carbons (Fsp3) is 0.722. The van der Waals surface area contributed by atoms with E-state index in [4.69, 9.17) is 0 Å². The Morgan fingerprint density at radius 3 is 2.44 bits per heavy atom. The molecule has 2 heterocycles. The number of hydrogen-bond acceptors (Lipinski definition) is 5. The zero-order chi connectivity index (χ0) is 18.6. The molecule has 1 saturated heterocycles. The maximum atomic E-state index is 12.6. The SMILES string of the molecule is CC(C)c1cc(N(C)CC(=O)N2CCN(C(C#N)C(C)C)CC2)n[nH]1. The summed E-state index contributed by atoms with van der Waals surface area (Å²) in [7, 11) is 1.89. The van der Waals surface area contributed by atoms with Crippen molar-refractivity contribution >= 4 is 11.7 Å². The van der Waals surface area contributed by atoms with E-state index in [0.29, 0.717) is 31.5 Å². The Balaban J connectivity index is 1.87. The molecule has 1 N–H and O–H groups in total. The summed E-state index contributed by atoms with van der Waals surface area (Å²) >= 11 is 0. The van der Waals surface area contributed by atoms with E-state index in [1.165, 1.54) is 0 Å². The van der Waals surface area contributed by atoms with Crippen LogP contribution in [0.5, 0.6) is 0 Å². The number of anilines is 1. The number of piperazine rings is 1. The van der Waals surface area contributed by atoms with Gasteiger partial charge >= 0.3 is 0 Å². The molecule has 1 unspecified atom stereocenters. The van der Waals surface area contributed by atoms with Crippen molar-refractivity contribution in [3.8, 4) is 6.07 Å². The van der Waals surface area contributed by atoms with Gasteiger partial charge in [0.2, 0.25) is 5.91 Å². The van der Waals surface area contributed by atoms with Crippen LogP contribution in [0.15, 0.2) is 6.07 Å². The Bertz CT molecular complexity index is 609. The van der Waals surface area contributed by atoms with Gasteiger partial charge in [-0.3, -0.25) is 14.8 Å². The number of rotatable bonds is 6. The van der Waals surface area contributed by atoms with E-state index in [-0.39, 0.29) is 11.9 Å². The van der Waals surface area contributed by atoms with Crippen LogP contribution in [0.25, 0.3) is 0 Å². The van der Waals surface area contributed by atoms with Gasteiger partial charge in [0, 0.05) is 45.0 Å². The number of amides is 1. The minimum atomic E-state index is -0.0709. The first kappa shape index (κ1) is 19.3. The molecule has 138 valence electrons. The highest BCUT2D eigenvalue weighted by Crippen LogP contribution is 2.18. The molecule has 1 aliphatic heterocycles. The van der Waals surface area contributed by atoms with Crippen LogP contribution in [0.1, 0.15) is 39.3 Å². The molecule has 2 rings (SSSR count). The van der Waals surface area contributed by atoms with Crippen molar-refractivity contribution in [3.05, 3.63) is 11.8 Å². The Morgan fingerprint density at radius 1 is 1.32 bits per heavy atom. The summed E-state index contributed by atoms with van der Waals surface area (Å²) in [6.07, 6.45) is 0. The zero-order valence-corrected chi connectivity index (χ0v) is 16.0. The molecule has 0 aliphatic carbocycles. The minimum absolute atomic E-state index is 0.0709. The summed E-state index contributed by atoms with van der Waals surface area (Å²) in [5.74, 6) is 1.58. The standard InChI is InChI=1S/C18H30N6O/c1-13(2)15-10-17(21-20-15)22(5)12-18(25)24-8-6-23(7-9-24)16(11-19)14(3)4/h10,13-14,16H,6-9,12H2,1-5H3,(H,20,21). The normalized spacial score (nSPS) is 17.0. The second-order valence-corrected chi connectivity index (χ2v) is 7.43. The summed E-state index contributed by atoms with van der Waals surface area (Å²) in [5, 5.41) is 16.6. The third kappa shape index (κ3) is 4.73. The van der Waals surface area contributed by atoms with Crippen molar-refractivity contribution in [1.82, 2.24) is 20.0 Å². The molecule has 1 aliphatic rings. The fourth-order valence-electron chi connectivity index (χ4n) is 3.10. The van der Waals surface area contributed by atoms with Gasteiger partial charge < -0.3 is 9.80 Å². The lowest BCUT2D eigenvalue weighted by atomic mass is 10.0. The van der Waals surface area contributed by atoms with Gasteiger partial charge in [0.15, 0.2) is 5.82 Å². The summed E-state index contributed by atoms with van der Waals surface area (Å²) < 4.78 is 0. The molecule has 1 amide bonds. The molecule has 0 aromatic carbocycles. The van der Waals surface area contributed by atoms with Gasteiger partial charge in [0.05, 0.1) is 12.6 Å². The lowest BCUT2D eigenvalue weighted by molar-refractivity contribution is -0.131. The van der Waals surface area contributed by atoms with Gasteiger partial charge in [-0.15, -0.1) is 0 Å². The molecule has 1 aromatic rings. The van der Waals surface area contributed by atoms with Crippen LogP contribution < -0.4 is 4.90 Å². The van der Waals surface area contributed by atoms with Gasteiger partial charge in [-0.1, -0.05) is 27.7 Å². The predicted octanol–water partition coefficient (Wildman–Crippen LogP) is 1.66. The molecule has 1 fully saturated rings. The number of aromatic nitrogens is 2. The van der Waals surface area contributed by atoms with Gasteiger partial charge in [-0.25, -0.2) is 0 Å². The number of likely N-dealkylation sites (N-methyl/N-ethyl adjacent to an activating group) is 1. The van der Waals surface area contributed by atoms with Crippen LogP contribution in [-0.4, -0.2) is 71.7 Å². The smallest absolute Gasteiger partial charge is 0.242 e. The Kier molecular flexibility index (Phi) is 6.43. The number of nitrogens with one attached hydrogen (secondary N) is 1. The summed E-state index contributed by atoms with van der Waals surface area (Å²) in [4.78, 5) is 18.5. The van der Waals surface area contributed by atoms with Crippen molar-refractivity contribution in [2.24, 2.45) is 5.92 Å². The van der Waals surface area contributed by atoms with E-state index >= 15 is 0 Å². The third-order valence-corrected chi connectivity index (χ3v) is 4.79. The highest BCUT2D eigenvalue weighted by atomic mass is 16.2. The molecule has 7 heteroatoms. The second-order valence-electron chi connectivity index (χ2n) is 7.43. The molecule has 0 radical (unpaired) electrons. The lowest BCUT2D eigenvalue weighted by Crippen LogP contribution is -2.54. The largest absolute Gasteiger partial charge is 0.349 e. The van der Waals surface area contributed by atoms with E-state index in [0.717, 1.165) is 24.6 Å². The number of H-pyrrole nitrogens is 1. The molecular weight excluding hydrogens is 316 g/mol. The van der Waals surface area contributed by atoms with Crippen LogP contribution in [0, 0.1) is 17.2 Å². The molecule has 0 saturated carbocycles. The van der Waals surface area contributed by atoms with Gasteiger partial charge in [0.25, 0.3) is 0 Å². The van der Waals surface area contributed by atoms with Gasteiger partial charge in [0.1, 0.15) is 6.04 Å². The summed E-state index contributed by atoms with van der Waals surface area (Å²) in [6.45, 7) is 11.5. The highest BCUT2D eigenvalue weighted by Gasteiger charge is 2.28. The molecule has 1 atom stereocenters. The first-order chi connectivity index (χ1) is 11.8. The van der Waals surface area contributed by atoms with Crippen LogP contribution in [0.4, 0.5) is 5.82 Å². The van der Waals surface area contributed by atoms with Crippen LogP contribution in [0.2, 0.25) is 0 Å². The van der Waals surface area contributed by atoms with Gasteiger partial charge in [-0.05, 0) is 11.8 Å². The van der Waals surface area contributed by atoms with Gasteiger partial charge in [-0.2, -0.15) is 10.4 Å². The number of hydrogen-bond donors (Lipinski definition) is 1. The zero-order valence-electron chi connectivity index (χ0n) is 16.0. The lowest BCUT2D eigenvalue weighted by Gasteiger charge is -2.38. The number of nitrogens with zero attached hydrogens (tertiary/aromatic N) is 5. The fourth-order valence-corrected chi connectivity index (χ4v) is 3.10. The number of carbonyl (C=O) groups is 1. The minimum Gasteiger partial charge on any atom is -0.349 e. The number of carbonyl (C=O) groups excluding carboxylic acids is 1. The van der Waals surface area contributed by atoms with E-state index in [2.05, 4.69) is 48.9 Å². The molecular formula is C18H30N6O. The van der Waals surface area contributed by atoms with Crippen LogP contribution >= 0.6 is 0 Å². The summed E-state index contributed by atoms with van der Waals surface area (Å²) in [5.41, 5.74) is 1.07. The quantitative estimate of drug-likeness (QED) is 0.847. The van der Waals surface area contributed by atoms with E-state index < -0.39 is 0 Å². The van der Waals surface area contributed by atoms with Crippen LogP contribution in [0.3, 0.4) is 0 Å². The van der Waals surface area contributed by atoms with Crippen molar-refractivity contribution in [2.45, 2.75) is 39.7 Å². The van der Waals surface area contributed by atoms with Crippen LogP contribution in [-0.2, 0) is 4.79 Å². The Labute approximate surface area is 150 Å². The third-order valence-electron chi connectivity index (χ3n) is 4.79. The molecule has 0 spiro atoms. The van der Waals surface area contributed by atoms with E-state index in [9.17, 15) is 10.1 Å². The average Bonchev–Trinajstić information content (AvgIpc) is 3.06. The second kappa shape index (κ2) is 8.34. The molecule has 25 heavy (non-hydrogen) atoms. The van der Waals surface area contributed by atoms with Crippen molar-refractivity contribution in [3.63, 3.8) is 0 Å². The van der Waals surface area contributed by atoms with E-state index in [1.54, 1.807) is 0 Å². The Hall–Kier alpha value is -2.07. The van der Waals surface area contributed by atoms with Crippen molar-refractivity contribution in [1.29, 1.82) is 5.26 Å². The van der Waals surface area contributed by atoms with E-state index in [1.807, 2.05) is 22.9 Å². The number of nitriles is 1. The highest BCUT2D eigenvalue weighted by molar-refractivity contribution is 5.81. The maximum absolute atomic E-state index is 12.6. The number of aromatic amines is 1. The first-order valence-electron chi connectivity index (χ1n) is 9.01. The van der Waals surface area contributed by atoms with Crippen molar-refractivity contribution in [2.75, 3.05) is 44.7 Å². The van der Waals surface area contributed by atoms with Crippen molar-refractivity contribution < 1.29 is 4.79 Å². The summed E-state index contributed by atoms with van der Waals surface area (Å²) in [6, 6.07) is 4.31. The monoisotopic (exact) mass is 346 g/mol. The topological polar surface area (TPSA) is 79.3 Å². The maximum Gasteiger partial charge on any atom is 0.242 e. The molecule has 7 nitrogen and oxygen atoms in total. The predicted molar refractivity (Wildman–Crippen MR) is 98.3 cm³/mol. The first-order valence-corrected chi connectivity index (χ1v) is 9.01.